The van der Waals surface area contributed by atoms with E-state index in [2.05, 4.69) is 63.1 Å². The number of rotatable bonds is 5. The summed E-state index contributed by atoms with van der Waals surface area (Å²) >= 11 is 0. The number of fused-ring (bicyclic) bond motifs is 3. The Hall–Kier alpha value is -5.04. The van der Waals surface area contributed by atoms with Gasteiger partial charge < -0.3 is 14.6 Å². The molecule has 7 rings (SSSR count). The highest BCUT2D eigenvalue weighted by Gasteiger charge is 2.21. The van der Waals surface area contributed by atoms with Crippen molar-refractivity contribution in [2.45, 2.75) is 0 Å². The van der Waals surface area contributed by atoms with Crippen LogP contribution in [0.3, 0.4) is 0 Å². The quantitative estimate of drug-likeness (QED) is 0.265. The summed E-state index contributed by atoms with van der Waals surface area (Å²) in [7, 11) is -1.56. The Balaban J connectivity index is 1.45. The molecule has 3 heterocycles. The summed E-state index contributed by atoms with van der Waals surface area (Å²) < 4.78 is 2.18. The Bertz CT molecular complexity index is 1930. The topological polar surface area (TPSA) is 71.2 Å². The molecule has 0 amide bonds. The van der Waals surface area contributed by atoms with E-state index in [9.17, 15) is 10.0 Å². The Labute approximate surface area is 231 Å². The van der Waals surface area contributed by atoms with Gasteiger partial charge >= 0.3 is 7.12 Å². The third-order valence-electron chi connectivity index (χ3n) is 7.30. The van der Waals surface area contributed by atoms with Crippen LogP contribution in [0.15, 0.2) is 134 Å². The number of pyridine rings is 2. The molecule has 0 saturated heterocycles. The molecule has 0 aliphatic rings. The monoisotopic (exact) mass is 517 g/mol. The first-order valence-electron chi connectivity index (χ1n) is 13.1. The zero-order chi connectivity index (χ0) is 27.1. The summed E-state index contributed by atoms with van der Waals surface area (Å²) in [6.45, 7) is 0. The molecule has 4 aromatic carbocycles. The minimum absolute atomic E-state index is 0.492. The fraction of sp³-hybridized carbons (Fsp3) is 0. The van der Waals surface area contributed by atoms with E-state index in [1.54, 1.807) is 6.07 Å². The summed E-state index contributed by atoms with van der Waals surface area (Å²) in [5.74, 6) is 0. The fourth-order valence-corrected chi connectivity index (χ4v) is 5.52. The van der Waals surface area contributed by atoms with Gasteiger partial charge in [-0.1, -0.05) is 54.6 Å². The van der Waals surface area contributed by atoms with Crippen LogP contribution < -0.4 is 5.46 Å². The molecule has 0 aliphatic heterocycles. The molecule has 40 heavy (non-hydrogen) atoms. The van der Waals surface area contributed by atoms with Crippen LogP contribution in [0, 0.1) is 0 Å². The standard InChI is InChI=1S/C34H24BN3O2/c39-35(40)29-12-8-16-33-34(29)28-11-1-2-15-32(28)38(33)27-10-7-9-23(22-27)24-19-25(30-13-3-5-17-36-30)21-26(20-24)31-14-4-6-18-37-31/h1-22,39-40H. The van der Waals surface area contributed by atoms with Gasteiger partial charge in [-0.3, -0.25) is 9.97 Å². The predicted molar refractivity (Wildman–Crippen MR) is 163 cm³/mol. The molecule has 0 unspecified atom stereocenters. The van der Waals surface area contributed by atoms with Crippen LogP contribution in [0.2, 0.25) is 0 Å². The van der Waals surface area contributed by atoms with Crippen LogP contribution in [0.5, 0.6) is 0 Å². The van der Waals surface area contributed by atoms with E-state index in [0.717, 1.165) is 61.1 Å². The molecule has 3 aromatic heterocycles. The van der Waals surface area contributed by atoms with Crippen molar-refractivity contribution in [1.29, 1.82) is 0 Å². The van der Waals surface area contributed by atoms with E-state index in [1.807, 2.05) is 79.1 Å². The molecule has 0 fully saturated rings. The minimum atomic E-state index is -1.56. The van der Waals surface area contributed by atoms with Gasteiger partial charge in [-0.15, -0.1) is 0 Å². The van der Waals surface area contributed by atoms with Crippen molar-refractivity contribution in [3.8, 4) is 39.3 Å². The molecule has 0 bridgehead atoms. The SMILES string of the molecule is OB(O)c1cccc2c1c1ccccc1n2-c1cccc(-c2cc(-c3ccccn3)cc(-c3ccccn3)c2)c1. The molecule has 5 nitrogen and oxygen atoms in total. The van der Waals surface area contributed by atoms with Crippen LogP contribution in [-0.4, -0.2) is 31.7 Å². The molecular formula is C34H24BN3O2. The first kappa shape index (κ1) is 24.0. The highest BCUT2D eigenvalue weighted by molar-refractivity contribution is 6.63. The Morgan fingerprint density at radius 3 is 1.82 bits per heavy atom. The van der Waals surface area contributed by atoms with Crippen molar-refractivity contribution in [1.82, 2.24) is 14.5 Å². The normalized spacial score (nSPS) is 11.2. The maximum absolute atomic E-state index is 10.1. The maximum Gasteiger partial charge on any atom is 0.489 e. The number of benzene rings is 4. The van der Waals surface area contributed by atoms with Crippen LogP contribution in [0.4, 0.5) is 0 Å². The maximum atomic E-state index is 10.1. The van der Waals surface area contributed by atoms with E-state index in [0.29, 0.717) is 5.46 Å². The summed E-state index contributed by atoms with van der Waals surface area (Å²) in [4.78, 5) is 9.20. The molecule has 0 radical (unpaired) electrons. The third kappa shape index (κ3) is 4.16. The lowest BCUT2D eigenvalue weighted by atomic mass is 9.77. The number of hydrogen-bond acceptors (Lipinski definition) is 4. The van der Waals surface area contributed by atoms with Crippen molar-refractivity contribution in [2.75, 3.05) is 0 Å². The first-order chi connectivity index (χ1) is 19.7. The zero-order valence-corrected chi connectivity index (χ0v) is 21.5. The van der Waals surface area contributed by atoms with Gasteiger partial charge in [-0.2, -0.15) is 0 Å². The molecule has 0 aliphatic carbocycles. The summed E-state index contributed by atoms with van der Waals surface area (Å²) in [6.07, 6.45) is 3.62. The van der Waals surface area contributed by atoms with Gasteiger partial charge in [0.25, 0.3) is 0 Å². The fourth-order valence-electron chi connectivity index (χ4n) is 5.52. The van der Waals surface area contributed by atoms with Gasteiger partial charge in [0.1, 0.15) is 0 Å². The van der Waals surface area contributed by atoms with Crippen molar-refractivity contribution in [3.63, 3.8) is 0 Å². The molecule has 0 atom stereocenters. The van der Waals surface area contributed by atoms with E-state index in [4.69, 9.17) is 0 Å². The number of para-hydroxylation sites is 1. The van der Waals surface area contributed by atoms with E-state index in [1.165, 1.54) is 0 Å². The van der Waals surface area contributed by atoms with Crippen molar-refractivity contribution < 1.29 is 10.0 Å². The first-order valence-corrected chi connectivity index (χ1v) is 13.1. The largest absolute Gasteiger partial charge is 0.489 e. The Kier molecular flexibility index (Phi) is 5.97. The highest BCUT2D eigenvalue weighted by Crippen LogP contribution is 2.35. The van der Waals surface area contributed by atoms with E-state index < -0.39 is 7.12 Å². The van der Waals surface area contributed by atoms with Crippen molar-refractivity contribution >= 4 is 34.4 Å². The van der Waals surface area contributed by atoms with Gasteiger partial charge in [0.15, 0.2) is 0 Å². The molecular weight excluding hydrogens is 493 g/mol. The van der Waals surface area contributed by atoms with Gasteiger partial charge in [0.2, 0.25) is 0 Å². The van der Waals surface area contributed by atoms with Gasteiger partial charge in [-0.05, 0) is 83.3 Å². The number of hydrogen-bond donors (Lipinski definition) is 2. The summed E-state index contributed by atoms with van der Waals surface area (Å²) in [5.41, 5.74) is 9.33. The predicted octanol–water partition coefficient (Wildman–Crippen LogP) is 6.25. The lowest BCUT2D eigenvalue weighted by Crippen LogP contribution is -2.30. The summed E-state index contributed by atoms with van der Waals surface area (Å²) in [5, 5.41) is 22.1. The smallest absolute Gasteiger partial charge is 0.423 e. The molecule has 2 N–H and O–H groups in total. The van der Waals surface area contributed by atoms with E-state index >= 15 is 0 Å². The average Bonchev–Trinajstić information content (AvgIpc) is 3.36. The highest BCUT2D eigenvalue weighted by atomic mass is 16.4. The zero-order valence-electron chi connectivity index (χ0n) is 21.5. The van der Waals surface area contributed by atoms with Gasteiger partial charge in [0, 0.05) is 40.0 Å². The number of aromatic nitrogens is 3. The van der Waals surface area contributed by atoms with Crippen LogP contribution in [0.25, 0.3) is 61.1 Å². The molecule has 0 saturated carbocycles. The van der Waals surface area contributed by atoms with Crippen LogP contribution >= 0.6 is 0 Å². The Morgan fingerprint density at radius 2 is 1.15 bits per heavy atom. The third-order valence-corrected chi connectivity index (χ3v) is 7.30. The lowest BCUT2D eigenvalue weighted by molar-refractivity contribution is 0.426. The van der Waals surface area contributed by atoms with E-state index in [-0.39, 0.29) is 0 Å². The second kappa shape index (κ2) is 9.93. The molecule has 190 valence electrons. The molecule has 6 heteroatoms. The molecule has 7 aromatic rings. The second-order valence-corrected chi connectivity index (χ2v) is 9.75. The van der Waals surface area contributed by atoms with Crippen LogP contribution in [-0.2, 0) is 0 Å². The summed E-state index contributed by atoms with van der Waals surface area (Å²) in [6, 6.07) is 40.5. The molecule has 0 spiro atoms. The van der Waals surface area contributed by atoms with Gasteiger partial charge in [-0.25, -0.2) is 0 Å². The minimum Gasteiger partial charge on any atom is -0.423 e. The Morgan fingerprint density at radius 1 is 0.525 bits per heavy atom. The van der Waals surface area contributed by atoms with Crippen molar-refractivity contribution in [3.05, 3.63) is 134 Å². The van der Waals surface area contributed by atoms with Crippen LogP contribution in [0.1, 0.15) is 0 Å². The van der Waals surface area contributed by atoms with Crippen molar-refractivity contribution in [2.24, 2.45) is 0 Å². The average molecular weight is 517 g/mol. The van der Waals surface area contributed by atoms with Gasteiger partial charge in [0.05, 0.1) is 22.4 Å². The lowest BCUT2D eigenvalue weighted by Gasteiger charge is -2.13. The second-order valence-electron chi connectivity index (χ2n) is 9.75. The number of nitrogens with zero attached hydrogens (tertiary/aromatic N) is 3.